The fraction of sp³-hybridized carbons (Fsp3) is 0.240. The van der Waals surface area contributed by atoms with E-state index in [4.69, 9.17) is 0 Å². The van der Waals surface area contributed by atoms with Gasteiger partial charge in [0.25, 0.3) is 5.91 Å². The summed E-state index contributed by atoms with van der Waals surface area (Å²) in [5.41, 5.74) is 4.44. The Morgan fingerprint density at radius 1 is 1.00 bits per heavy atom. The number of hydrogen-bond donors (Lipinski definition) is 1. The van der Waals surface area contributed by atoms with Crippen LogP contribution in [0.25, 0.3) is 11.8 Å². The van der Waals surface area contributed by atoms with E-state index in [0.717, 1.165) is 48.6 Å². The molecule has 2 amide bonds. The molecular weight excluding hydrogens is 407 g/mol. The van der Waals surface area contributed by atoms with Gasteiger partial charge in [-0.2, -0.15) is 5.10 Å². The summed E-state index contributed by atoms with van der Waals surface area (Å²) in [4.78, 5) is 26.7. The molecule has 0 radical (unpaired) electrons. The highest BCUT2D eigenvalue weighted by molar-refractivity contribution is 6.02. The largest absolute Gasteiger partial charge is 0.339 e. The van der Waals surface area contributed by atoms with Gasteiger partial charge in [0.15, 0.2) is 0 Å². The molecule has 0 aliphatic carbocycles. The van der Waals surface area contributed by atoms with Crippen LogP contribution in [0, 0.1) is 19.7 Å². The monoisotopic (exact) mass is 432 g/mol. The number of benzene rings is 2. The standard InChI is InChI=1S/C25H25FN4O2/c1-17-23(18(2)30(28-17)22-11-7-20(26)8-12-22)13-14-24(31)27-21-9-5-19(6-10-21)25(32)29-15-3-4-16-29/h5-14H,3-4,15-16H2,1-2H3,(H,27,31)/b14-13+. The molecule has 0 unspecified atom stereocenters. The molecule has 1 aliphatic heterocycles. The van der Waals surface area contributed by atoms with Crippen molar-refractivity contribution in [1.82, 2.24) is 14.7 Å². The molecule has 1 aromatic heterocycles. The van der Waals surface area contributed by atoms with Crippen LogP contribution in [0.1, 0.15) is 40.2 Å². The van der Waals surface area contributed by atoms with Crippen molar-refractivity contribution in [1.29, 1.82) is 0 Å². The van der Waals surface area contributed by atoms with Crippen LogP contribution in [0.5, 0.6) is 0 Å². The van der Waals surface area contributed by atoms with Gasteiger partial charge >= 0.3 is 0 Å². The number of likely N-dealkylation sites (tertiary alicyclic amines) is 1. The number of carbonyl (C=O) groups excluding carboxylic acids is 2. The van der Waals surface area contributed by atoms with Crippen LogP contribution in [-0.2, 0) is 4.79 Å². The molecule has 3 aromatic rings. The zero-order chi connectivity index (χ0) is 22.7. The van der Waals surface area contributed by atoms with Crippen molar-refractivity contribution in [2.75, 3.05) is 18.4 Å². The second-order valence-corrected chi connectivity index (χ2v) is 7.87. The van der Waals surface area contributed by atoms with E-state index in [0.29, 0.717) is 11.3 Å². The van der Waals surface area contributed by atoms with Crippen LogP contribution >= 0.6 is 0 Å². The van der Waals surface area contributed by atoms with Crippen molar-refractivity contribution in [3.05, 3.63) is 82.9 Å². The predicted octanol–water partition coefficient (Wildman–Crippen LogP) is 4.52. The number of carbonyl (C=O) groups is 2. The maximum absolute atomic E-state index is 13.2. The number of halogens is 1. The number of nitrogens with zero attached hydrogens (tertiary/aromatic N) is 3. The van der Waals surface area contributed by atoms with E-state index in [1.165, 1.54) is 18.2 Å². The van der Waals surface area contributed by atoms with Gasteiger partial charge in [0.2, 0.25) is 5.91 Å². The minimum atomic E-state index is -0.305. The molecule has 2 aromatic carbocycles. The van der Waals surface area contributed by atoms with Crippen LogP contribution in [0.4, 0.5) is 10.1 Å². The van der Waals surface area contributed by atoms with E-state index < -0.39 is 0 Å². The molecule has 1 N–H and O–H groups in total. The van der Waals surface area contributed by atoms with Gasteiger partial charge in [-0.1, -0.05) is 0 Å². The summed E-state index contributed by atoms with van der Waals surface area (Å²) in [6.07, 6.45) is 5.27. The molecule has 6 nitrogen and oxygen atoms in total. The Balaban J connectivity index is 1.42. The first-order valence-corrected chi connectivity index (χ1v) is 10.6. The van der Waals surface area contributed by atoms with Crippen molar-refractivity contribution in [3.8, 4) is 5.69 Å². The first-order chi connectivity index (χ1) is 15.4. The second kappa shape index (κ2) is 9.18. The van der Waals surface area contributed by atoms with Gasteiger partial charge < -0.3 is 10.2 Å². The number of rotatable bonds is 5. The SMILES string of the molecule is Cc1nn(-c2ccc(F)cc2)c(C)c1/C=C/C(=O)Nc1ccc(C(=O)N2CCCC2)cc1. The lowest BCUT2D eigenvalue weighted by atomic mass is 10.1. The third-order valence-electron chi connectivity index (χ3n) is 5.61. The minimum Gasteiger partial charge on any atom is -0.339 e. The highest BCUT2D eigenvalue weighted by Gasteiger charge is 2.19. The fourth-order valence-electron chi connectivity index (χ4n) is 3.87. The first-order valence-electron chi connectivity index (χ1n) is 10.6. The lowest BCUT2D eigenvalue weighted by Gasteiger charge is -2.15. The van der Waals surface area contributed by atoms with Crippen molar-refractivity contribution in [2.45, 2.75) is 26.7 Å². The molecule has 0 spiro atoms. The highest BCUT2D eigenvalue weighted by Crippen LogP contribution is 2.20. The Kier molecular flexibility index (Phi) is 6.16. The number of nitrogens with one attached hydrogen (secondary N) is 1. The quantitative estimate of drug-likeness (QED) is 0.603. The van der Waals surface area contributed by atoms with Crippen LogP contribution in [-0.4, -0.2) is 39.6 Å². The zero-order valence-electron chi connectivity index (χ0n) is 18.1. The number of amides is 2. The maximum Gasteiger partial charge on any atom is 0.253 e. The summed E-state index contributed by atoms with van der Waals surface area (Å²) in [6, 6.07) is 13.0. The normalized spacial score (nSPS) is 13.7. The Labute approximate surface area is 186 Å². The Morgan fingerprint density at radius 3 is 2.31 bits per heavy atom. The molecule has 2 heterocycles. The van der Waals surface area contributed by atoms with Gasteiger partial charge in [0.1, 0.15) is 5.82 Å². The van der Waals surface area contributed by atoms with Gasteiger partial charge in [0, 0.05) is 41.7 Å². The molecular formula is C25H25FN4O2. The van der Waals surface area contributed by atoms with Crippen LogP contribution < -0.4 is 5.32 Å². The van der Waals surface area contributed by atoms with Gasteiger partial charge in [-0.3, -0.25) is 9.59 Å². The van der Waals surface area contributed by atoms with Crippen LogP contribution in [0.2, 0.25) is 0 Å². The Bertz CT molecular complexity index is 1160. The number of hydrogen-bond acceptors (Lipinski definition) is 3. The van der Waals surface area contributed by atoms with Gasteiger partial charge in [0.05, 0.1) is 11.4 Å². The molecule has 32 heavy (non-hydrogen) atoms. The summed E-state index contributed by atoms with van der Waals surface area (Å²) < 4.78 is 14.9. The molecule has 1 fully saturated rings. The first kappa shape index (κ1) is 21.5. The number of aryl methyl sites for hydroxylation is 1. The number of aromatic nitrogens is 2. The molecule has 7 heteroatoms. The average molecular weight is 432 g/mol. The minimum absolute atomic E-state index is 0.0318. The van der Waals surface area contributed by atoms with Crippen LogP contribution in [0.15, 0.2) is 54.6 Å². The third-order valence-corrected chi connectivity index (χ3v) is 5.61. The van der Waals surface area contributed by atoms with E-state index in [-0.39, 0.29) is 17.6 Å². The van der Waals surface area contributed by atoms with Gasteiger partial charge in [-0.05, 0) is 81.3 Å². The highest BCUT2D eigenvalue weighted by atomic mass is 19.1. The summed E-state index contributed by atoms with van der Waals surface area (Å²) >= 11 is 0. The van der Waals surface area contributed by atoms with E-state index in [9.17, 15) is 14.0 Å². The summed E-state index contributed by atoms with van der Waals surface area (Å²) in [5.74, 6) is -0.554. The van der Waals surface area contributed by atoms with Crippen molar-refractivity contribution in [2.24, 2.45) is 0 Å². The Morgan fingerprint density at radius 2 is 1.66 bits per heavy atom. The fourth-order valence-corrected chi connectivity index (χ4v) is 3.87. The lowest BCUT2D eigenvalue weighted by Crippen LogP contribution is -2.27. The summed E-state index contributed by atoms with van der Waals surface area (Å²) in [7, 11) is 0. The summed E-state index contributed by atoms with van der Waals surface area (Å²) in [5, 5.41) is 7.32. The van der Waals surface area contributed by atoms with Crippen molar-refractivity contribution >= 4 is 23.6 Å². The third kappa shape index (κ3) is 4.61. The summed E-state index contributed by atoms with van der Waals surface area (Å²) in [6.45, 7) is 5.37. The molecule has 4 rings (SSSR count). The Hall–Kier alpha value is -3.74. The van der Waals surface area contributed by atoms with E-state index in [2.05, 4.69) is 10.4 Å². The van der Waals surface area contributed by atoms with Crippen molar-refractivity contribution < 1.29 is 14.0 Å². The van der Waals surface area contributed by atoms with Crippen molar-refractivity contribution in [3.63, 3.8) is 0 Å². The molecule has 164 valence electrons. The van der Waals surface area contributed by atoms with Gasteiger partial charge in [-0.25, -0.2) is 9.07 Å². The molecule has 1 aliphatic rings. The maximum atomic E-state index is 13.2. The smallest absolute Gasteiger partial charge is 0.253 e. The topological polar surface area (TPSA) is 67.2 Å². The zero-order valence-corrected chi connectivity index (χ0v) is 18.1. The van der Waals surface area contributed by atoms with E-state index in [1.54, 1.807) is 47.2 Å². The predicted molar refractivity (Wildman–Crippen MR) is 122 cm³/mol. The molecule has 0 saturated carbocycles. The molecule has 0 bridgehead atoms. The van der Waals surface area contributed by atoms with E-state index >= 15 is 0 Å². The second-order valence-electron chi connectivity index (χ2n) is 7.87. The molecule has 0 atom stereocenters. The number of anilines is 1. The molecule has 1 saturated heterocycles. The van der Waals surface area contributed by atoms with E-state index in [1.807, 2.05) is 18.7 Å². The van der Waals surface area contributed by atoms with Gasteiger partial charge in [-0.15, -0.1) is 0 Å². The van der Waals surface area contributed by atoms with Crippen LogP contribution in [0.3, 0.4) is 0 Å². The lowest BCUT2D eigenvalue weighted by molar-refractivity contribution is -0.111. The average Bonchev–Trinajstić information content (AvgIpc) is 3.42.